The van der Waals surface area contributed by atoms with Gasteiger partial charge in [-0.1, -0.05) is 54.3 Å². The SMILES string of the molecule is CCCCNc1nc(N)ncc1OCc1cc2ccccc2n(CCC(C)C)c1=P. The van der Waals surface area contributed by atoms with Gasteiger partial charge < -0.3 is 20.4 Å². The molecule has 30 heavy (non-hydrogen) atoms. The normalized spacial score (nSPS) is 11.2. The smallest absolute Gasteiger partial charge is 0.222 e. The summed E-state index contributed by atoms with van der Waals surface area (Å²) in [7, 11) is 3.88. The third kappa shape index (κ3) is 5.51. The summed E-state index contributed by atoms with van der Waals surface area (Å²) in [5.41, 5.74) is 8.06. The second kappa shape index (κ2) is 10.4. The number of unbranched alkanes of at least 4 members (excludes halogenated alkanes) is 1. The summed E-state index contributed by atoms with van der Waals surface area (Å²) in [6.45, 7) is 8.81. The first-order valence-corrected chi connectivity index (χ1v) is 11.1. The molecule has 2 aromatic heterocycles. The molecule has 0 radical (unpaired) electrons. The van der Waals surface area contributed by atoms with E-state index in [1.54, 1.807) is 6.20 Å². The maximum Gasteiger partial charge on any atom is 0.222 e. The van der Waals surface area contributed by atoms with Crippen LogP contribution in [0.5, 0.6) is 5.75 Å². The van der Waals surface area contributed by atoms with E-state index in [2.05, 4.69) is 79.8 Å². The molecule has 0 aliphatic carbocycles. The van der Waals surface area contributed by atoms with Crippen LogP contribution in [0, 0.1) is 11.0 Å². The number of ether oxygens (including phenoxy) is 1. The Morgan fingerprint density at radius 3 is 2.83 bits per heavy atom. The number of nitrogens with zero attached hydrogens (tertiary/aromatic N) is 3. The average Bonchev–Trinajstić information content (AvgIpc) is 2.72. The zero-order valence-corrected chi connectivity index (χ0v) is 19.1. The third-order valence-corrected chi connectivity index (χ3v) is 5.63. The monoisotopic (exact) mass is 425 g/mol. The minimum atomic E-state index is 0.236. The van der Waals surface area contributed by atoms with Crippen LogP contribution in [-0.4, -0.2) is 21.1 Å². The van der Waals surface area contributed by atoms with E-state index in [4.69, 9.17) is 10.5 Å². The number of nitrogen functional groups attached to an aromatic ring is 1. The van der Waals surface area contributed by atoms with Gasteiger partial charge in [-0.3, -0.25) is 0 Å². The number of hydrogen-bond donors (Lipinski definition) is 2. The molecular formula is C23H32N5OP. The molecule has 0 fully saturated rings. The lowest BCUT2D eigenvalue weighted by atomic mass is 10.1. The lowest BCUT2D eigenvalue weighted by Crippen LogP contribution is -2.10. The number of fused-ring (bicyclic) bond motifs is 1. The van der Waals surface area contributed by atoms with Gasteiger partial charge in [0, 0.05) is 24.2 Å². The zero-order valence-electron chi connectivity index (χ0n) is 18.1. The standard InChI is InChI=1S/C23H32N5OP/c1-4-5-11-25-21-20(14-26-23(24)27-21)29-15-18-13-17-8-6-7-9-19(17)28(22(18)30)12-10-16(2)3/h6-9,13-14,16,30H,4-5,10-12,15H2,1-3H3,(H3,24,25,26,27). The van der Waals surface area contributed by atoms with E-state index in [1.165, 1.54) is 10.9 Å². The van der Waals surface area contributed by atoms with Crippen LogP contribution in [0.4, 0.5) is 11.8 Å². The van der Waals surface area contributed by atoms with Gasteiger partial charge in [0.1, 0.15) is 6.61 Å². The van der Waals surface area contributed by atoms with E-state index in [0.29, 0.717) is 24.1 Å². The lowest BCUT2D eigenvalue weighted by molar-refractivity contribution is 0.303. The Morgan fingerprint density at radius 2 is 2.07 bits per heavy atom. The number of pyridine rings is 1. The van der Waals surface area contributed by atoms with Crippen molar-refractivity contribution in [3.63, 3.8) is 0 Å². The van der Waals surface area contributed by atoms with Gasteiger partial charge in [-0.25, -0.2) is 4.98 Å². The minimum Gasteiger partial charge on any atom is -0.483 e. The van der Waals surface area contributed by atoms with Gasteiger partial charge in [-0.05, 0) is 36.3 Å². The van der Waals surface area contributed by atoms with Gasteiger partial charge in [0.15, 0.2) is 11.6 Å². The van der Waals surface area contributed by atoms with E-state index in [1.807, 2.05) is 0 Å². The molecule has 3 N–H and O–H groups in total. The molecule has 3 aromatic rings. The van der Waals surface area contributed by atoms with Crippen molar-refractivity contribution in [1.82, 2.24) is 14.5 Å². The van der Waals surface area contributed by atoms with Gasteiger partial charge >= 0.3 is 0 Å². The predicted molar refractivity (Wildman–Crippen MR) is 127 cm³/mol. The maximum atomic E-state index is 6.13. The van der Waals surface area contributed by atoms with Crippen LogP contribution in [0.2, 0.25) is 0 Å². The Kier molecular flexibility index (Phi) is 7.69. The summed E-state index contributed by atoms with van der Waals surface area (Å²) >= 11 is 0. The van der Waals surface area contributed by atoms with Crippen molar-refractivity contribution < 1.29 is 4.74 Å². The van der Waals surface area contributed by atoms with Gasteiger partial charge in [0.25, 0.3) is 0 Å². The quantitative estimate of drug-likeness (QED) is 0.330. The Bertz CT molecular complexity index is 1050. The highest BCUT2D eigenvalue weighted by molar-refractivity contribution is 7.07. The second-order valence-corrected chi connectivity index (χ2v) is 8.39. The summed E-state index contributed by atoms with van der Waals surface area (Å²) in [4.78, 5) is 8.41. The Hall–Kier alpha value is -2.59. The van der Waals surface area contributed by atoms with Crippen molar-refractivity contribution in [2.45, 2.75) is 53.2 Å². The third-order valence-electron chi connectivity index (χ3n) is 5.04. The number of nitrogens with two attached hydrogens (primary N) is 1. The fraction of sp³-hybridized carbons (Fsp3) is 0.435. The average molecular weight is 426 g/mol. The molecule has 0 atom stereocenters. The first-order chi connectivity index (χ1) is 14.5. The zero-order chi connectivity index (χ0) is 21.5. The molecule has 0 amide bonds. The molecule has 160 valence electrons. The maximum absolute atomic E-state index is 6.13. The van der Waals surface area contributed by atoms with Gasteiger partial charge in [0.2, 0.25) is 5.95 Å². The number of hydrogen-bond acceptors (Lipinski definition) is 5. The first kappa shape index (κ1) is 22.1. The van der Waals surface area contributed by atoms with Gasteiger partial charge in [0.05, 0.1) is 11.3 Å². The second-order valence-electron chi connectivity index (χ2n) is 7.92. The molecule has 0 saturated carbocycles. The molecule has 0 aliphatic rings. The number of anilines is 2. The summed E-state index contributed by atoms with van der Waals surface area (Å²) in [6, 6.07) is 10.6. The van der Waals surface area contributed by atoms with Crippen molar-refractivity contribution in [3.8, 4) is 5.75 Å². The minimum absolute atomic E-state index is 0.236. The molecule has 7 heteroatoms. The summed E-state index contributed by atoms with van der Waals surface area (Å²) in [5.74, 6) is 2.11. The summed E-state index contributed by atoms with van der Waals surface area (Å²) < 4.78 is 8.46. The summed E-state index contributed by atoms with van der Waals surface area (Å²) in [5, 5.41) is 5.53. The number of nitrogens with one attached hydrogen (secondary N) is 1. The highest BCUT2D eigenvalue weighted by Crippen LogP contribution is 2.25. The van der Waals surface area contributed by atoms with Gasteiger partial charge in [-0.15, -0.1) is 0 Å². The van der Waals surface area contributed by atoms with Crippen molar-refractivity contribution in [3.05, 3.63) is 47.2 Å². The topological polar surface area (TPSA) is 78.0 Å². The number of para-hydroxylation sites is 1. The molecule has 0 unspecified atom stereocenters. The van der Waals surface area contributed by atoms with Crippen LogP contribution in [0.25, 0.3) is 10.9 Å². The van der Waals surface area contributed by atoms with Crippen molar-refractivity contribution in [1.29, 1.82) is 0 Å². The number of rotatable bonds is 10. The van der Waals surface area contributed by atoms with E-state index in [9.17, 15) is 0 Å². The number of aryl methyl sites for hydroxylation is 1. The Balaban J connectivity index is 1.88. The predicted octanol–water partition coefficient (Wildman–Crippen LogP) is 5.53. The highest BCUT2D eigenvalue weighted by atomic mass is 31.0. The van der Waals surface area contributed by atoms with Gasteiger partial charge in [-0.2, -0.15) is 4.98 Å². The van der Waals surface area contributed by atoms with Crippen LogP contribution in [0.1, 0.15) is 45.6 Å². The molecular weight excluding hydrogens is 393 g/mol. The fourth-order valence-corrected chi connectivity index (χ4v) is 3.67. The number of aromatic nitrogens is 3. The number of benzene rings is 1. The molecule has 3 rings (SSSR count). The molecule has 6 nitrogen and oxygen atoms in total. The molecule has 1 aromatic carbocycles. The highest BCUT2D eigenvalue weighted by Gasteiger charge is 2.11. The van der Waals surface area contributed by atoms with E-state index in [-0.39, 0.29) is 5.95 Å². The molecule has 0 bridgehead atoms. The molecule has 2 heterocycles. The van der Waals surface area contributed by atoms with E-state index in [0.717, 1.165) is 43.0 Å². The van der Waals surface area contributed by atoms with Crippen LogP contribution in [-0.2, 0) is 13.2 Å². The van der Waals surface area contributed by atoms with Crippen LogP contribution >= 0.6 is 8.86 Å². The first-order valence-electron chi connectivity index (χ1n) is 10.6. The lowest BCUT2D eigenvalue weighted by Gasteiger charge is -2.17. The van der Waals surface area contributed by atoms with E-state index >= 15 is 0 Å². The summed E-state index contributed by atoms with van der Waals surface area (Å²) in [6.07, 6.45) is 4.89. The van der Waals surface area contributed by atoms with E-state index < -0.39 is 0 Å². The molecule has 0 aliphatic heterocycles. The van der Waals surface area contributed by atoms with Crippen LogP contribution in [0.15, 0.2) is 36.5 Å². The van der Waals surface area contributed by atoms with Crippen LogP contribution < -0.4 is 15.8 Å². The van der Waals surface area contributed by atoms with Crippen LogP contribution in [0.3, 0.4) is 0 Å². The Morgan fingerprint density at radius 1 is 1.27 bits per heavy atom. The Labute approximate surface area is 180 Å². The largest absolute Gasteiger partial charge is 0.483 e. The van der Waals surface area contributed by atoms with Crippen molar-refractivity contribution in [2.24, 2.45) is 5.92 Å². The van der Waals surface area contributed by atoms with Crippen molar-refractivity contribution >= 4 is 31.5 Å². The van der Waals surface area contributed by atoms with Crippen molar-refractivity contribution in [2.75, 3.05) is 17.6 Å². The molecule has 0 spiro atoms. The fourth-order valence-electron chi connectivity index (χ4n) is 3.29. The molecule has 0 saturated heterocycles.